The van der Waals surface area contributed by atoms with Gasteiger partial charge in [-0.05, 0) is 26.2 Å². The number of nitrogens with two attached hydrogens (primary N) is 1. The minimum absolute atomic E-state index is 0.0596. The molecule has 3 N–H and O–H groups in total. The Morgan fingerprint density at radius 2 is 1.85 bits per heavy atom. The number of rotatable bonds is 3. The van der Waals surface area contributed by atoms with Gasteiger partial charge in [-0.15, -0.1) is 0 Å². The first kappa shape index (κ1) is 11.0. The van der Waals surface area contributed by atoms with Crippen molar-refractivity contribution < 1.29 is 5.11 Å². The molecule has 0 amide bonds. The van der Waals surface area contributed by atoms with Gasteiger partial charge in [-0.1, -0.05) is 32.1 Å². The molecule has 0 aliphatic heterocycles. The molecular weight excluding hydrogens is 162 g/mol. The normalized spacial score (nSPS) is 23.1. The summed E-state index contributed by atoms with van der Waals surface area (Å²) in [7, 11) is 0. The molecule has 1 rings (SSSR count). The van der Waals surface area contributed by atoms with Gasteiger partial charge in [-0.3, -0.25) is 0 Å². The van der Waals surface area contributed by atoms with Gasteiger partial charge in [0.05, 0.1) is 5.60 Å². The second-order valence-electron chi connectivity index (χ2n) is 5.00. The largest absolute Gasteiger partial charge is 0.389 e. The summed E-state index contributed by atoms with van der Waals surface area (Å²) in [6, 6.07) is -0.0596. The second-order valence-corrected chi connectivity index (χ2v) is 5.00. The van der Waals surface area contributed by atoms with Crippen LogP contribution in [0.15, 0.2) is 0 Å². The number of hydrogen-bond donors (Lipinski definition) is 2. The molecule has 2 heteroatoms. The Hall–Kier alpha value is -0.0800. The predicted molar refractivity (Wildman–Crippen MR) is 55.5 cm³/mol. The SMILES string of the molecule is CC(C)(O)[C@@H](N)CC1CCCCC1. The summed E-state index contributed by atoms with van der Waals surface area (Å²) in [5.41, 5.74) is 5.22. The van der Waals surface area contributed by atoms with Crippen molar-refractivity contribution in [2.75, 3.05) is 0 Å². The molecule has 13 heavy (non-hydrogen) atoms. The van der Waals surface area contributed by atoms with Gasteiger partial charge in [0.1, 0.15) is 0 Å². The lowest BCUT2D eigenvalue weighted by Crippen LogP contribution is -2.44. The lowest BCUT2D eigenvalue weighted by atomic mass is 9.81. The summed E-state index contributed by atoms with van der Waals surface area (Å²) >= 11 is 0. The predicted octanol–water partition coefficient (Wildman–Crippen LogP) is 2.05. The molecule has 78 valence electrons. The Balaban J connectivity index is 2.30. The Bertz CT molecular complexity index is 145. The van der Waals surface area contributed by atoms with Crippen molar-refractivity contribution in [2.45, 2.75) is 64.0 Å². The second kappa shape index (κ2) is 4.43. The minimum Gasteiger partial charge on any atom is -0.389 e. The van der Waals surface area contributed by atoms with Crippen LogP contribution in [0.5, 0.6) is 0 Å². The lowest BCUT2D eigenvalue weighted by molar-refractivity contribution is 0.0407. The first-order valence-electron chi connectivity index (χ1n) is 5.48. The summed E-state index contributed by atoms with van der Waals surface area (Å²) in [6.07, 6.45) is 7.69. The zero-order chi connectivity index (χ0) is 9.90. The number of hydrogen-bond acceptors (Lipinski definition) is 2. The zero-order valence-electron chi connectivity index (χ0n) is 8.92. The quantitative estimate of drug-likeness (QED) is 0.707. The van der Waals surface area contributed by atoms with Crippen LogP contribution >= 0.6 is 0 Å². The third-order valence-corrected chi connectivity index (χ3v) is 3.22. The van der Waals surface area contributed by atoms with Crippen LogP contribution in [0.2, 0.25) is 0 Å². The standard InChI is InChI=1S/C11H23NO/c1-11(2,13)10(12)8-9-6-4-3-5-7-9/h9-10,13H,3-8,12H2,1-2H3/t10-/m0/s1. The van der Waals surface area contributed by atoms with Gasteiger partial charge in [0, 0.05) is 6.04 Å². The fraction of sp³-hybridized carbons (Fsp3) is 1.00. The van der Waals surface area contributed by atoms with Crippen LogP contribution in [0.25, 0.3) is 0 Å². The first-order chi connectivity index (χ1) is 6.00. The monoisotopic (exact) mass is 185 g/mol. The van der Waals surface area contributed by atoms with Crippen molar-refractivity contribution in [1.29, 1.82) is 0 Å². The van der Waals surface area contributed by atoms with Crippen molar-refractivity contribution in [2.24, 2.45) is 11.7 Å². The van der Waals surface area contributed by atoms with E-state index in [4.69, 9.17) is 5.73 Å². The van der Waals surface area contributed by atoms with Crippen LogP contribution in [0.3, 0.4) is 0 Å². The molecule has 0 aromatic carbocycles. The fourth-order valence-electron chi connectivity index (χ4n) is 2.07. The van der Waals surface area contributed by atoms with Crippen LogP contribution in [0.4, 0.5) is 0 Å². The van der Waals surface area contributed by atoms with Crippen LogP contribution in [-0.4, -0.2) is 16.7 Å². The Kier molecular flexibility index (Phi) is 3.74. The highest BCUT2D eigenvalue weighted by Crippen LogP contribution is 2.28. The van der Waals surface area contributed by atoms with E-state index in [2.05, 4.69) is 0 Å². The Morgan fingerprint density at radius 3 is 2.31 bits per heavy atom. The van der Waals surface area contributed by atoms with Crippen LogP contribution in [-0.2, 0) is 0 Å². The average Bonchev–Trinajstić information content (AvgIpc) is 2.04. The molecular formula is C11H23NO. The van der Waals surface area contributed by atoms with E-state index in [0.717, 1.165) is 12.3 Å². The molecule has 0 heterocycles. The molecule has 0 aromatic heterocycles. The maximum atomic E-state index is 9.69. The van der Waals surface area contributed by atoms with E-state index in [1.165, 1.54) is 32.1 Å². The molecule has 0 aromatic rings. The summed E-state index contributed by atoms with van der Waals surface area (Å²) in [5.74, 6) is 0.759. The van der Waals surface area contributed by atoms with Crippen molar-refractivity contribution >= 4 is 0 Å². The molecule has 0 unspecified atom stereocenters. The van der Waals surface area contributed by atoms with Gasteiger partial charge in [0.2, 0.25) is 0 Å². The minimum atomic E-state index is -0.711. The van der Waals surface area contributed by atoms with E-state index in [1.807, 2.05) is 0 Å². The summed E-state index contributed by atoms with van der Waals surface area (Å²) in [6.45, 7) is 3.61. The molecule has 1 aliphatic carbocycles. The topological polar surface area (TPSA) is 46.2 Å². The van der Waals surface area contributed by atoms with Gasteiger partial charge >= 0.3 is 0 Å². The smallest absolute Gasteiger partial charge is 0.0742 e. The van der Waals surface area contributed by atoms with E-state index in [0.29, 0.717) is 0 Å². The Labute approximate surface area is 81.5 Å². The van der Waals surface area contributed by atoms with Crippen LogP contribution in [0, 0.1) is 5.92 Å². The van der Waals surface area contributed by atoms with Crippen LogP contribution < -0.4 is 5.73 Å². The molecule has 1 aliphatic rings. The highest BCUT2D eigenvalue weighted by Gasteiger charge is 2.26. The molecule has 1 saturated carbocycles. The molecule has 0 bridgehead atoms. The summed E-state index contributed by atoms with van der Waals surface area (Å²) in [4.78, 5) is 0. The highest BCUT2D eigenvalue weighted by atomic mass is 16.3. The van der Waals surface area contributed by atoms with Gasteiger partial charge in [0.15, 0.2) is 0 Å². The molecule has 0 radical (unpaired) electrons. The summed E-state index contributed by atoms with van der Waals surface area (Å²) < 4.78 is 0. The molecule has 2 nitrogen and oxygen atoms in total. The van der Waals surface area contributed by atoms with E-state index in [-0.39, 0.29) is 6.04 Å². The van der Waals surface area contributed by atoms with E-state index in [1.54, 1.807) is 13.8 Å². The van der Waals surface area contributed by atoms with E-state index < -0.39 is 5.60 Å². The fourth-order valence-corrected chi connectivity index (χ4v) is 2.07. The number of aliphatic hydroxyl groups is 1. The maximum absolute atomic E-state index is 9.69. The average molecular weight is 185 g/mol. The van der Waals surface area contributed by atoms with E-state index in [9.17, 15) is 5.11 Å². The lowest BCUT2D eigenvalue weighted by Gasteiger charge is -2.31. The third-order valence-electron chi connectivity index (χ3n) is 3.22. The molecule has 1 atom stereocenters. The highest BCUT2D eigenvalue weighted by molar-refractivity contribution is 4.83. The van der Waals surface area contributed by atoms with Gasteiger partial charge in [-0.2, -0.15) is 0 Å². The van der Waals surface area contributed by atoms with Crippen LogP contribution in [0.1, 0.15) is 52.4 Å². The van der Waals surface area contributed by atoms with Crippen molar-refractivity contribution in [3.8, 4) is 0 Å². The molecule has 0 spiro atoms. The Morgan fingerprint density at radius 1 is 1.31 bits per heavy atom. The zero-order valence-corrected chi connectivity index (χ0v) is 8.92. The van der Waals surface area contributed by atoms with Crippen molar-refractivity contribution in [1.82, 2.24) is 0 Å². The molecule has 1 fully saturated rings. The van der Waals surface area contributed by atoms with Gasteiger partial charge in [0.25, 0.3) is 0 Å². The maximum Gasteiger partial charge on any atom is 0.0742 e. The molecule has 0 saturated heterocycles. The van der Waals surface area contributed by atoms with Crippen molar-refractivity contribution in [3.05, 3.63) is 0 Å². The third kappa shape index (κ3) is 3.65. The van der Waals surface area contributed by atoms with Gasteiger partial charge < -0.3 is 10.8 Å². The van der Waals surface area contributed by atoms with Gasteiger partial charge in [-0.25, -0.2) is 0 Å². The van der Waals surface area contributed by atoms with Crippen molar-refractivity contribution in [3.63, 3.8) is 0 Å². The first-order valence-corrected chi connectivity index (χ1v) is 5.48. The summed E-state index contributed by atoms with van der Waals surface area (Å²) in [5, 5.41) is 9.69. The van der Waals surface area contributed by atoms with E-state index >= 15 is 0 Å².